The molecule has 0 aliphatic heterocycles. The van der Waals surface area contributed by atoms with Crippen LogP contribution in [0.3, 0.4) is 0 Å². The Balaban J connectivity index is 2.24. The molecule has 6 heteroatoms. The maximum atomic E-state index is 13.6. The molecule has 0 aliphatic carbocycles. The van der Waals surface area contributed by atoms with Crippen LogP contribution in [0.25, 0.3) is 0 Å². The summed E-state index contributed by atoms with van der Waals surface area (Å²) in [4.78, 5) is 11.0. The van der Waals surface area contributed by atoms with E-state index < -0.39 is 17.6 Å². The summed E-state index contributed by atoms with van der Waals surface area (Å²) in [6, 6.07) is 8.01. The number of halogens is 3. The van der Waals surface area contributed by atoms with E-state index in [0.717, 1.165) is 6.07 Å². The van der Waals surface area contributed by atoms with Gasteiger partial charge in [-0.2, -0.15) is 0 Å². The van der Waals surface area contributed by atoms with E-state index in [4.69, 9.17) is 16.7 Å². The van der Waals surface area contributed by atoms with E-state index in [0.29, 0.717) is 11.6 Å². The molecule has 2 aromatic rings. The standard InChI is InChI=1S/C14H10ClF2NO2/c15-11-5-9(16)6-12(17)13(11)18-7-8-3-1-2-4-10(8)14(19)20/h1-6,18H,7H2,(H,19,20). The summed E-state index contributed by atoms with van der Waals surface area (Å²) >= 11 is 5.74. The van der Waals surface area contributed by atoms with E-state index in [1.165, 1.54) is 6.07 Å². The average molecular weight is 298 g/mol. The van der Waals surface area contributed by atoms with Crippen molar-refractivity contribution in [3.63, 3.8) is 0 Å². The van der Waals surface area contributed by atoms with Gasteiger partial charge in [0.2, 0.25) is 0 Å². The predicted octanol–water partition coefficient (Wildman–Crippen LogP) is 3.93. The van der Waals surface area contributed by atoms with Gasteiger partial charge >= 0.3 is 5.97 Å². The van der Waals surface area contributed by atoms with Gasteiger partial charge in [-0.05, 0) is 17.7 Å². The van der Waals surface area contributed by atoms with Gasteiger partial charge < -0.3 is 10.4 Å². The third-order valence-electron chi connectivity index (χ3n) is 2.71. The van der Waals surface area contributed by atoms with Gasteiger partial charge in [0.1, 0.15) is 5.82 Å². The molecule has 0 saturated heterocycles. The number of anilines is 1. The van der Waals surface area contributed by atoms with Crippen molar-refractivity contribution in [1.82, 2.24) is 0 Å². The van der Waals surface area contributed by atoms with Crippen LogP contribution < -0.4 is 5.32 Å². The summed E-state index contributed by atoms with van der Waals surface area (Å²) in [5.74, 6) is -2.68. The molecular formula is C14H10ClF2NO2. The zero-order valence-corrected chi connectivity index (χ0v) is 10.9. The molecule has 0 bridgehead atoms. The van der Waals surface area contributed by atoms with Gasteiger partial charge in [-0.1, -0.05) is 29.8 Å². The van der Waals surface area contributed by atoms with E-state index in [2.05, 4.69) is 5.32 Å². The van der Waals surface area contributed by atoms with Gasteiger partial charge in [-0.15, -0.1) is 0 Å². The zero-order valence-electron chi connectivity index (χ0n) is 10.2. The predicted molar refractivity (Wildman–Crippen MR) is 72.1 cm³/mol. The van der Waals surface area contributed by atoms with Gasteiger partial charge in [0, 0.05) is 12.6 Å². The smallest absolute Gasteiger partial charge is 0.336 e. The number of hydrogen-bond donors (Lipinski definition) is 2. The van der Waals surface area contributed by atoms with Crippen molar-refractivity contribution in [1.29, 1.82) is 0 Å². The van der Waals surface area contributed by atoms with Crippen LogP contribution in [0, 0.1) is 11.6 Å². The lowest BCUT2D eigenvalue weighted by Crippen LogP contribution is -2.08. The fourth-order valence-electron chi connectivity index (χ4n) is 1.78. The van der Waals surface area contributed by atoms with Crippen LogP contribution in [0.15, 0.2) is 36.4 Å². The van der Waals surface area contributed by atoms with E-state index in [9.17, 15) is 13.6 Å². The molecule has 0 spiro atoms. The molecule has 0 fully saturated rings. The highest BCUT2D eigenvalue weighted by Crippen LogP contribution is 2.27. The van der Waals surface area contributed by atoms with Crippen molar-refractivity contribution in [3.05, 3.63) is 64.2 Å². The van der Waals surface area contributed by atoms with Crippen molar-refractivity contribution in [3.8, 4) is 0 Å². The highest BCUT2D eigenvalue weighted by atomic mass is 35.5. The van der Waals surface area contributed by atoms with E-state index in [-0.39, 0.29) is 22.8 Å². The van der Waals surface area contributed by atoms with Crippen molar-refractivity contribution >= 4 is 23.3 Å². The fraction of sp³-hybridized carbons (Fsp3) is 0.0714. The minimum absolute atomic E-state index is 0.0603. The first-order chi connectivity index (χ1) is 9.49. The number of carboxylic acids is 1. The molecule has 2 N–H and O–H groups in total. The highest BCUT2D eigenvalue weighted by molar-refractivity contribution is 6.33. The van der Waals surface area contributed by atoms with Gasteiger partial charge in [-0.3, -0.25) is 0 Å². The minimum Gasteiger partial charge on any atom is -0.478 e. The summed E-state index contributed by atoms with van der Waals surface area (Å²) in [6.45, 7) is 0.0603. The number of hydrogen-bond acceptors (Lipinski definition) is 2. The Morgan fingerprint density at radius 3 is 2.60 bits per heavy atom. The molecule has 0 aromatic heterocycles. The maximum Gasteiger partial charge on any atom is 0.336 e. The van der Waals surface area contributed by atoms with Crippen molar-refractivity contribution in [2.45, 2.75) is 6.54 Å². The Bertz CT molecular complexity index is 638. The Morgan fingerprint density at radius 2 is 1.95 bits per heavy atom. The van der Waals surface area contributed by atoms with Crippen LogP contribution in [0.2, 0.25) is 5.02 Å². The Kier molecular flexibility index (Phi) is 4.20. The number of aromatic carboxylic acids is 1. The molecule has 0 atom stereocenters. The second kappa shape index (κ2) is 5.88. The van der Waals surface area contributed by atoms with Crippen molar-refractivity contribution in [2.75, 3.05) is 5.32 Å². The second-order valence-electron chi connectivity index (χ2n) is 4.06. The monoisotopic (exact) mass is 297 g/mol. The fourth-order valence-corrected chi connectivity index (χ4v) is 2.04. The molecule has 0 unspecified atom stereocenters. The maximum absolute atomic E-state index is 13.6. The van der Waals surface area contributed by atoms with E-state index in [1.807, 2.05) is 0 Å². The third kappa shape index (κ3) is 3.05. The summed E-state index contributed by atoms with van der Waals surface area (Å²) in [5, 5.41) is 11.6. The molecule has 0 aliphatic rings. The number of carboxylic acid groups (broad SMARTS) is 1. The number of rotatable bonds is 4. The first-order valence-corrected chi connectivity index (χ1v) is 6.06. The van der Waals surface area contributed by atoms with Gasteiger partial charge in [0.15, 0.2) is 5.82 Å². The zero-order chi connectivity index (χ0) is 14.7. The van der Waals surface area contributed by atoms with E-state index in [1.54, 1.807) is 18.2 Å². The summed E-state index contributed by atoms with van der Waals surface area (Å²) in [5.41, 5.74) is 0.520. The van der Waals surface area contributed by atoms with Crippen LogP contribution >= 0.6 is 11.6 Å². The minimum atomic E-state index is -1.08. The first kappa shape index (κ1) is 14.3. The SMILES string of the molecule is O=C(O)c1ccccc1CNc1c(F)cc(F)cc1Cl. The molecular weight excluding hydrogens is 288 g/mol. The van der Waals surface area contributed by atoms with Crippen LogP contribution in [0.1, 0.15) is 15.9 Å². The van der Waals surface area contributed by atoms with Gasteiger partial charge in [-0.25, -0.2) is 13.6 Å². The second-order valence-corrected chi connectivity index (χ2v) is 4.47. The molecule has 0 radical (unpaired) electrons. The summed E-state index contributed by atoms with van der Waals surface area (Å²) in [7, 11) is 0. The molecule has 0 amide bonds. The van der Waals surface area contributed by atoms with Crippen molar-refractivity contribution in [2.24, 2.45) is 0 Å². The topological polar surface area (TPSA) is 49.3 Å². The average Bonchev–Trinajstić information content (AvgIpc) is 2.37. The molecule has 2 aromatic carbocycles. The van der Waals surface area contributed by atoms with Crippen LogP contribution in [-0.4, -0.2) is 11.1 Å². The lowest BCUT2D eigenvalue weighted by Gasteiger charge is -2.11. The quantitative estimate of drug-likeness (QED) is 0.899. The molecule has 104 valence electrons. The first-order valence-electron chi connectivity index (χ1n) is 5.68. The Hall–Kier alpha value is -2.14. The Labute approximate surface area is 118 Å². The normalized spacial score (nSPS) is 10.3. The number of carbonyl (C=O) groups is 1. The Morgan fingerprint density at radius 1 is 1.25 bits per heavy atom. The molecule has 0 heterocycles. The van der Waals surface area contributed by atoms with Crippen LogP contribution in [-0.2, 0) is 6.54 Å². The number of benzene rings is 2. The third-order valence-corrected chi connectivity index (χ3v) is 3.01. The van der Waals surface area contributed by atoms with Gasteiger partial charge in [0.05, 0.1) is 16.3 Å². The summed E-state index contributed by atoms with van der Waals surface area (Å²) in [6.07, 6.45) is 0. The van der Waals surface area contributed by atoms with Crippen molar-refractivity contribution < 1.29 is 18.7 Å². The molecule has 3 nitrogen and oxygen atoms in total. The van der Waals surface area contributed by atoms with Gasteiger partial charge in [0.25, 0.3) is 0 Å². The lowest BCUT2D eigenvalue weighted by molar-refractivity contribution is 0.0696. The van der Waals surface area contributed by atoms with Crippen LogP contribution in [0.4, 0.5) is 14.5 Å². The summed E-state index contributed by atoms with van der Waals surface area (Å²) < 4.78 is 26.5. The highest BCUT2D eigenvalue weighted by Gasteiger charge is 2.12. The number of nitrogens with one attached hydrogen (secondary N) is 1. The lowest BCUT2D eigenvalue weighted by atomic mass is 10.1. The molecule has 0 saturated carbocycles. The molecule has 20 heavy (non-hydrogen) atoms. The molecule has 2 rings (SSSR count). The largest absolute Gasteiger partial charge is 0.478 e. The van der Waals surface area contributed by atoms with Crippen LogP contribution in [0.5, 0.6) is 0 Å². The van der Waals surface area contributed by atoms with E-state index >= 15 is 0 Å².